The molecule has 0 aliphatic carbocycles. The first kappa shape index (κ1) is 19.3. The van der Waals surface area contributed by atoms with Crippen LogP contribution in [-0.4, -0.2) is 27.1 Å². The van der Waals surface area contributed by atoms with Crippen LogP contribution in [0.4, 0.5) is 5.69 Å². The summed E-state index contributed by atoms with van der Waals surface area (Å²) >= 11 is 5.99. The van der Waals surface area contributed by atoms with Crippen molar-refractivity contribution in [1.29, 1.82) is 0 Å². The van der Waals surface area contributed by atoms with Crippen LogP contribution >= 0.6 is 11.6 Å². The number of benzene rings is 1. The molecule has 0 radical (unpaired) electrons. The number of carbonyl (C=O) groups is 1. The summed E-state index contributed by atoms with van der Waals surface area (Å²) in [6.45, 7) is 2.34. The fourth-order valence-electron chi connectivity index (χ4n) is 2.39. The number of hydrogen-bond donors (Lipinski definition) is 1. The van der Waals surface area contributed by atoms with E-state index in [9.17, 15) is 13.2 Å². The van der Waals surface area contributed by atoms with Gasteiger partial charge in [0.2, 0.25) is 15.9 Å². The van der Waals surface area contributed by atoms with Crippen LogP contribution in [0.2, 0.25) is 5.02 Å². The second-order valence-electron chi connectivity index (χ2n) is 5.73. The van der Waals surface area contributed by atoms with Crippen molar-refractivity contribution in [2.75, 3.05) is 17.1 Å². The van der Waals surface area contributed by atoms with E-state index in [1.54, 1.807) is 36.6 Å². The van der Waals surface area contributed by atoms with E-state index >= 15 is 0 Å². The third-order valence-corrected chi connectivity index (χ3v) is 5.06. The standard InChI is InChI=1S/C17H21ClN2O4S/c1-13-7-8-14(18)11-16(13)20(25(2,22)23)9-3-6-17(21)19-12-15-5-4-10-24-15/h4-5,7-8,10-11H,3,6,9,12H2,1-2H3,(H,19,21). The average molecular weight is 385 g/mol. The predicted octanol–water partition coefficient (Wildman–Crippen LogP) is 3.10. The van der Waals surface area contributed by atoms with E-state index in [2.05, 4.69) is 5.32 Å². The molecule has 8 heteroatoms. The first-order valence-corrected chi connectivity index (χ1v) is 10.0. The topological polar surface area (TPSA) is 79.6 Å². The van der Waals surface area contributed by atoms with Crippen LogP contribution < -0.4 is 9.62 Å². The van der Waals surface area contributed by atoms with Gasteiger partial charge in [-0.05, 0) is 43.2 Å². The van der Waals surface area contributed by atoms with Crippen molar-refractivity contribution in [1.82, 2.24) is 5.32 Å². The Morgan fingerprint density at radius 1 is 1.32 bits per heavy atom. The summed E-state index contributed by atoms with van der Waals surface area (Å²) in [6, 6.07) is 8.62. The third kappa shape index (κ3) is 5.79. The highest BCUT2D eigenvalue weighted by Gasteiger charge is 2.19. The molecule has 0 atom stereocenters. The maximum absolute atomic E-state index is 12.1. The molecule has 2 rings (SSSR count). The molecule has 136 valence electrons. The van der Waals surface area contributed by atoms with E-state index in [-0.39, 0.29) is 18.9 Å². The second kappa shape index (κ2) is 8.40. The molecule has 0 saturated heterocycles. The molecule has 0 bridgehead atoms. The van der Waals surface area contributed by atoms with Crippen molar-refractivity contribution in [2.45, 2.75) is 26.3 Å². The minimum absolute atomic E-state index is 0.160. The number of halogens is 1. The maximum atomic E-state index is 12.1. The Balaban J connectivity index is 1.94. The molecule has 0 saturated carbocycles. The number of amides is 1. The van der Waals surface area contributed by atoms with Crippen LogP contribution in [0.25, 0.3) is 0 Å². The Labute approximate surface area is 152 Å². The molecule has 0 aliphatic rings. The lowest BCUT2D eigenvalue weighted by Crippen LogP contribution is -2.32. The van der Waals surface area contributed by atoms with Gasteiger partial charge in [-0.1, -0.05) is 17.7 Å². The normalized spacial score (nSPS) is 11.3. The average Bonchev–Trinajstić information content (AvgIpc) is 3.04. The summed E-state index contributed by atoms with van der Waals surface area (Å²) in [7, 11) is -3.47. The number of furan rings is 1. The Morgan fingerprint density at radius 3 is 2.72 bits per heavy atom. The van der Waals surface area contributed by atoms with Gasteiger partial charge in [-0.2, -0.15) is 0 Å². The number of sulfonamides is 1. The Bertz CT molecular complexity index is 819. The van der Waals surface area contributed by atoms with Gasteiger partial charge in [0.25, 0.3) is 0 Å². The number of anilines is 1. The number of nitrogens with zero attached hydrogens (tertiary/aromatic N) is 1. The van der Waals surface area contributed by atoms with E-state index in [4.69, 9.17) is 16.0 Å². The van der Waals surface area contributed by atoms with Crippen molar-refractivity contribution in [3.63, 3.8) is 0 Å². The number of hydrogen-bond acceptors (Lipinski definition) is 4. The lowest BCUT2D eigenvalue weighted by Gasteiger charge is -2.24. The zero-order valence-corrected chi connectivity index (χ0v) is 15.7. The quantitative estimate of drug-likeness (QED) is 0.758. The van der Waals surface area contributed by atoms with Gasteiger partial charge < -0.3 is 9.73 Å². The van der Waals surface area contributed by atoms with Gasteiger partial charge in [0, 0.05) is 18.0 Å². The van der Waals surface area contributed by atoms with Gasteiger partial charge in [0.1, 0.15) is 5.76 Å². The summed E-state index contributed by atoms with van der Waals surface area (Å²) < 4.78 is 30.7. The minimum atomic E-state index is -3.47. The zero-order valence-electron chi connectivity index (χ0n) is 14.2. The molecule has 1 amide bonds. The lowest BCUT2D eigenvalue weighted by atomic mass is 10.2. The minimum Gasteiger partial charge on any atom is -0.467 e. The molecule has 1 aromatic carbocycles. The first-order valence-electron chi connectivity index (χ1n) is 7.80. The molecule has 25 heavy (non-hydrogen) atoms. The van der Waals surface area contributed by atoms with Gasteiger partial charge in [0.05, 0.1) is 24.8 Å². The lowest BCUT2D eigenvalue weighted by molar-refractivity contribution is -0.121. The smallest absolute Gasteiger partial charge is 0.232 e. The number of rotatable bonds is 8. The van der Waals surface area contributed by atoms with Gasteiger partial charge >= 0.3 is 0 Å². The fourth-order valence-corrected chi connectivity index (χ4v) is 3.57. The molecule has 2 aromatic rings. The van der Waals surface area contributed by atoms with Gasteiger partial charge in [-0.25, -0.2) is 8.42 Å². The van der Waals surface area contributed by atoms with E-state index in [1.165, 1.54) is 4.31 Å². The highest BCUT2D eigenvalue weighted by Crippen LogP contribution is 2.26. The van der Waals surface area contributed by atoms with Crippen molar-refractivity contribution in [3.05, 3.63) is 52.9 Å². The SMILES string of the molecule is Cc1ccc(Cl)cc1N(CCCC(=O)NCc1ccco1)S(C)(=O)=O. The number of aryl methyl sites for hydroxylation is 1. The van der Waals surface area contributed by atoms with Crippen LogP contribution in [-0.2, 0) is 21.4 Å². The van der Waals surface area contributed by atoms with Gasteiger partial charge in [-0.15, -0.1) is 0 Å². The fraction of sp³-hybridized carbons (Fsp3) is 0.353. The summed E-state index contributed by atoms with van der Waals surface area (Å²) in [6.07, 6.45) is 3.29. The van der Waals surface area contributed by atoms with E-state index < -0.39 is 10.0 Å². The van der Waals surface area contributed by atoms with Crippen molar-refractivity contribution in [3.8, 4) is 0 Å². The molecule has 1 heterocycles. The van der Waals surface area contributed by atoms with Crippen molar-refractivity contribution >= 4 is 33.2 Å². The second-order valence-corrected chi connectivity index (χ2v) is 8.07. The summed E-state index contributed by atoms with van der Waals surface area (Å²) in [5, 5.41) is 3.20. The van der Waals surface area contributed by atoms with E-state index in [1.807, 2.05) is 6.92 Å². The molecule has 1 N–H and O–H groups in total. The molecule has 1 aromatic heterocycles. The maximum Gasteiger partial charge on any atom is 0.232 e. The molecule has 0 unspecified atom stereocenters. The Kier molecular flexibility index (Phi) is 6.50. The van der Waals surface area contributed by atoms with Crippen LogP contribution in [0, 0.1) is 6.92 Å². The predicted molar refractivity (Wildman–Crippen MR) is 98.2 cm³/mol. The number of nitrogens with one attached hydrogen (secondary N) is 1. The summed E-state index contributed by atoms with van der Waals surface area (Å²) in [4.78, 5) is 11.9. The van der Waals surface area contributed by atoms with Crippen molar-refractivity contribution < 1.29 is 17.6 Å². The Hall–Kier alpha value is -1.99. The molecular weight excluding hydrogens is 364 g/mol. The molecule has 0 spiro atoms. The van der Waals surface area contributed by atoms with Crippen LogP contribution in [0.15, 0.2) is 41.0 Å². The monoisotopic (exact) mass is 384 g/mol. The number of carbonyl (C=O) groups excluding carboxylic acids is 1. The van der Waals surface area contributed by atoms with Gasteiger partial charge in [0.15, 0.2) is 0 Å². The highest BCUT2D eigenvalue weighted by atomic mass is 35.5. The molecule has 6 nitrogen and oxygen atoms in total. The summed E-state index contributed by atoms with van der Waals surface area (Å²) in [5.41, 5.74) is 1.34. The summed E-state index contributed by atoms with van der Waals surface area (Å²) in [5.74, 6) is 0.508. The third-order valence-electron chi connectivity index (χ3n) is 3.65. The molecular formula is C17H21ClN2O4S. The van der Waals surface area contributed by atoms with Crippen LogP contribution in [0.5, 0.6) is 0 Å². The Morgan fingerprint density at radius 2 is 2.08 bits per heavy atom. The first-order chi connectivity index (χ1) is 11.8. The highest BCUT2D eigenvalue weighted by molar-refractivity contribution is 7.92. The largest absolute Gasteiger partial charge is 0.467 e. The van der Waals surface area contributed by atoms with Gasteiger partial charge in [-0.3, -0.25) is 9.10 Å². The zero-order chi connectivity index (χ0) is 18.4. The van der Waals surface area contributed by atoms with Crippen LogP contribution in [0.1, 0.15) is 24.2 Å². The van der Waals surface area contributed by atoms with Crippen molar-refractivity contribution in [2.24, 2.45) is 0 Å². The molecule has 0 fully saturated rings. The van der Waals surface area contributed by atoms with E-state index in [0.29, 0.717) is 29.4 Å². The molecule has 0 aliphatic heterocycles. The van der Waals surface area contributed by atoms with Crippen LogP contribution in [0.3, 0.4) is 0 Å². The van der Waals surface area contributed by atoms with E-state index in [0.717, 1.165) is 11.8 Å².